The van der Waals surface area contributed by atoms with E-state index in [1.54, 1.807) is 6.26 Å². The van der Waals surface area contributed by atoms with Crippen molar-refractivity contribution < 1.29 is 4.42 Å². The van der Waals surface area contributed by atoms with Gasteiger partial charge in [-0.15, -0.1) is 0 Å². The molecule has 17 heavy (non-hydrogen) atoms. The molecule has 0 atom stereocenters. The van der Waals surface area contributed by atoms with Gasteiger partial charge >= 0.3 is 0 Å². The Hall–Kier alpha value is -1.28. The van der Waals surface area contributed by atoms with Crippen molar-refractivity contribution in [2.24, 2.45) is 0 Å². The molecule has 3 aliphatic rings. The SMILES string of the molecule is Cc1c2ccocc-2c(C2CCNCC2)c1C. The van der Waals surface area contributed by atoms with E-state index in [-0.39, 0.29) is 0 Å². The number of rotatable bonds is 1. The number of piperidine rings is 1. The molecule has 0 unspecified atom stereocenters. The average Bonchev–Trinajstić information content (AvgIpc) is 2.64. The van der Waals surface area contributed by atoms with Crippen LogP contribution in [0.1, 0.15) is 35.4 Å². The van der Waals surface area contributed by atoms with E-state index in [2.05, 4.69) is 25.2 Å². The molecule has 0 aromatic carbocycles. The van der Waals surface area contributed by atoms with Crippen molar-refractivity contribution in [2.45, 2.75) is 32.6 Å². The Balaban J connectivity index is 2.12. The topological polar surface area (TPSA) is 25.2 Å². The molecule has 0 spiro atoms. The highest BCUT2D eigenvalue weighted by molar-refractivity contribution is 5.77. The molecule has 0 aromatic rings. The molecule has 2 heterocycles. The molecule has 1 N–H and O–H groups in total. The minimum absolute atomic E-state index is 0.699. The predicted molar refractivity (Wildman–Crippen MR) is 69.6 cm³/mol. The molecule has 0 radical (unpaired) electrons. The third kappa shape index (κ3) is 1.67. The largest absolute Gasteiger partial charge is 0.472 e. The molecule has 2 heteroatoms. The fourth-order valence-corrected chi connectivity index (χ4v) is 3.15. The maximum atomic E-state index is 5.37. The summed E-state index contributed by atoms with van der Waals surface area (Å²) in [5.74, 6) is 0.699. The summed E-state index contributed by atoms with van der Waals surface area (Å²) in [4.78, 5) is 0. The third-order valence-corrected chi connectivity index (χ3v) is 4.20. The molecule has 0 saturated carbocycles. The number of hydrogen-bond donors (Lipinski definition) is 1. The first kappa shape index (κ1) is 10.8. The normalized spacial score (nSPS) is 17.8. The lowest BCUT2D eigenvalue weighted by molar-refractivity contribution is 0.459. The minimum atomic E-state index is 0.699. The van der Waals surface area contributed by atoms with Crippen LogP contribution >= 0.6 is 0 Å². The van der Waals surface area contributed by atoms with Gasteiger partial charge in [-0.1, -0.05) is 0 Å². The van der Waals surface area contributed by atoms with Crippen molar-refractivity contribution >= 4 is 0 Å². The van der Waals surface area contributed by atoms with Gasteiger partial charge in [0.15, 0.2) is 0 Å². The molecule has 1 fully saturated rings. The van der Waals surface area contributed by atoms with Gasteiger partial charge in [-0.2, -0.15) is 0 Å². The fraction of sp³-hybridized carbons (Fsp3) is 0.467. The maximum absolute atomic E-state index is 5.37. The summed E-state index contributed by atoms with van der Waals surface area (Å²) in [6.07, 6.45) is 6.19. The fourth-order valence-electron chi connectivity index (χ4n) is 3.15. The van der Waals surface area contributed by atoms with E-state index in [1.807, 2.05) is 6.26 Å². The molecule has 1 saturated heterocycles. The highest BCUT2D eigenvalue weighted by Gasteiger charge is 2.25. The summed E-state index contributed by atoms with van der Waals surface area (Å²) in [5, 5.41) is 3.44. The maximum Gasteiger partial charge on any atom is 0.0982 e. The van der Waals surface area contributed by atoms with E-state index in [9.17, 15) is 0 Å². The van der Waals surface area contributed by atoms with Crippen LogP contribution in [0.2, 0.25) is 0 Å². The first-order valence-electron chi connectivity index (χ1n) is 6.44. The lowest BCUT2D eigenvalue weighted by Gasteiger charge is -2.24. The summed E-state index contributed by atoms with van der Waals surface area (Å²) in [5.41, 5.74) is 7.11. The summed E-state index contributed by atoms with van der Waals surface area (Å²) in [6.45, 7) is 6.76. The second-order valence-electron chi connectivity index (χ2n) is 5.07. The number of hydrogen-bond acceptors (Lipinski definition) is 2. The van der Waals surface area contributed by atoms with Gasteiger partial charge in [-0.05, 0) is 74.0 Å². The van der Waals surface area contributed by atoms with Crippen LogP contribution in [-0.2, 0) is 0 Å². The van der Waals surface area contributed by atoms with Crippen molar-refractivity contribution in [3.63, 3.8) is 0 Å². The lowest BCUT2D eigenvalue weighted by atomic mass is 9.87. The molecule has 90 valence electrons. The van der Waals surface area contributed by atoms with Gasteiger partial charge in [-0.25, -0.2) is 0 Å². The van der Waals surface area contributed by atoms with Gasteiger partial charge in [-0.3, -0.25) is 0 Å². The highest BCUT2D eigenvalue weighted by Crippen LogP contribution is 2.42. The summed E-state index contributed by atoms with van der Waals surface area (Å²) in [6, 6.07) is 2.10. The monoisotopic (exact) mass is 229 g/mol. The van der Waals surface area contributed by atoms with E-state index in [0.29, 0.717) is 5.92 Å². The van der Waals surface area contributed by atoms with Crippen molar-refractivity contribution in [3.05, 3.63) is 35.3 Å². The van der Waals surface area contributed by atoms with Crippen LogP contribution in [0.15, 0.2) is 23.0 Å². The summed E-state index contributed by atoms with van der Waals surface area (Å²) < 4.78 is 5.37. The zero-order valence-electron chi connectivity index (χ0n) is 10.5. The second-order valence-corrected chi connectivity index (χ2v) is 5.07. The Morgan fingerprint density at radius 1 is 1.12 bits per heavy atom. The Labute approximate surface area is 102 Å². The molecular formula is C15H19NO. The van der Waals surface area contributed by atoms with Crippen molar-refractivity contribution in [3.8, 4) is 11.1 Å². The Morgan fingerprint density at radius 2 is 1.88 bits per heavy atom. The van der Waals surface area contributed by atoms with Crippen LogP contribution < -0.4 is 5.32 Å². The average molecular weight is 229 g/mol. The van der Waals surface area contributed by atoms with E-state index in [1.165, 1.54) is 40.7 Å². The first-order chi connectivity index (χ1) is 8.29. The van der Waals surface area contributed by atoms with Gasteiger partial charge in [0.25, 0.3) is 0 Å². The highest BCUT2D eigenvalue weighted by atomic mass is 16.3. The van der Waals surface area contributed by atoms with Gasteiger partial charge in [0.2, 0.25) is 0 Å². The van der Waals surface area contributed by atoms with Crippen LogP contribution in [0, 0.1) is 13.8 Å². The molecule has 3 rings (SSSR count). The van der Waals surface area contributed by atoms with Crippen molar-refractivity contribution in [2.75, 3.05) is 13.1 Å². The Morgan fingerprint density at radius 3 is 2.65 bits per heavy atom. The Kier molecular flexibility index (Phi) is 2.67. The smallest absolute Gasteiger partial charge is 0.0982 e. The van der Waals surface area contributed by atoms with Gasteiger partial charge in [0.1, 0.15) is 0 Å². The quantitative estimate of drug-likeness (QED) is 0.810. The minimum Gasteiger partial charge on any atom is -0.472 e. The van der Waals surface area contributed by atoms with Gasteiger partial charge < -0.3 is 9.73 Å². The number of nitrogens with one attached hydrogen (secondary N) is 1. The molecule has 0 amide bonds. The van der Waals surface area contributed by atoms with Crippen molar-refractivity contribution in [1.29, 1.82) is 0 Å². The van der Waals surface area contributed by atoms with Crippen LogP contribution in [0.25, 0.3) is 11.1 Å². The van der Waals surface area contributed by atoms with Crippen LogP contribution in [0.5, 0.6) is 0 Å². The van der Waals surface area contributed by atoms with E-state index < -0.39 is 0 Å². The second kappa shape index (κ2) is 4.19. The predicted octanol–water partition coefficient (Wildman–Crippen LogP) is 3.47. The van der Waals surface area contributed by atoms with Gasteiger partial charge in [0.05, 0.1) is 12.5 Å². The first-order valence-corrected chi connectivity index (χ1v) is 6.44. The standard InChI is InChI=1S/C15H19NO/c1-10-11(2)15(12-3-6-16-7-4-12)14-9-17-8-5-13(10)14/h5,8-9,12,16H,3-4,6-7H2,1-2H3. The zero-order valence-corrected chi connectivity index (χ0v) is 10.5. The molecule has 2 aliphatic heterocycles. The van der Waals surface area contributed by atoms with Gasteiger partial charge in [0, 0.05) is 5.56 Å². The molecular weight excluding hydrogens is 210 g/mol. The summed E-state index contributed by atoms with van der Waals surface area (Å²) in [7, 11) is 0. The van der Waals surface area contributed by atoms with Crippen molar-refractivity contribution in [1.82, 2.24) is 5.32 Å². The molecule has 1 aliphatic carbocycles. The lowest BCUT2D eigenvalue weighted by Crippen LogP contribution is -2.26. The number of fused-ring (bicyclic) bond motifs is 1. The third-order valence-electron chi connectivity index (χ3n) is 4.20. The summed E-state index contributed by atoms with van der Waals surface area (Å²) >= 11 is 0. The molecule has 0 bridgehead atoms. The van der Waals surface area contributed by atoms with E-state index in [4.69, 9.17) is 4.42 Å². The zero-order chi connectivity index (χ0) is 11.8. The van der Waals surface area contributed by atoms with Crippen LogP contribution in [0.4, 0.5) is 0 Å². The van der Waals surface area contributed by atoms with Crippen LogP contribution in [-0.4, -0.2) is 13.1 Å². The Bertz CT molecular complexity index is 494. The van der Waals surface area contributed by atoms with E-state index in [0.717, 1.165) is 13.1 Å². The molecule has 2 nitrogen and oxygen atoms in total. The van der Waals surface area contributed by atoms with E-state index >= 15 is 0 Å². The molecule has 0 aromatic heterocycles. The van der Waals surface area contributed by atoms with Crippen LogP contribution in [0.3, 0.4) is 0 Å².